The van der Waals surface area contributed by atoms with Crippen molar-refractivity contribution in [2.24, 2.45) is 0 Å². The van der Waals surface area contributed by atoms with Gasteiger partial charge in [0.1, 0.15) is 0 Å². The molecule has 0 saturated heterocycles. The summed E-state index contributed by atoms with van der Waals surface area (Å²) in [6.45, 7) is 2.43. The largest absolute Gasteiger partial charge is 0.395 e. The topological polar surface area (TPSA) is 42.2 Å². The Balaban J connectivity index is 2.95. The van der Waals surface area contributed by atoms with Gasteiger partial charge < -0.3 is 9.67 Å². The highest BCUT2D eigenvalue weighted by atomic mass is 16.3. The van der Waals surface area contributed by atoms with E-state index in [-0.39, 0.29) is 6.61 Å². The number of hydrogen-bond donors (Lipinski definition) is 1. The lowest BCUT2D eigenvalue weighted by Crippen LogP contribution is -2.04. The number of aliphatic hydroxyl groups is 1. The molecule has 0 bridgehead atoms. The van der Waals surface area contributed by atoms with Gasteiger partial charge in [-0.05, 0) is 18.6 Å². The Morgan fingerprint density at radius 2 is 2.45 bits per heavy atom. The molecule has 0 amide bonds. The van der Waals surface area contributed by atoms with Crippen molar-refractivity contribution < 1.29 is 9.90 Å². The molecule has 1 rings (SSSR count). The minimum atomic E-state index is 0.0644. The molecule has 0 fully saturated rings. The Morgan fingerprint density at radius 1 is 1.73 bits per heavy atom. The van der Waals surface area contributed by atoms with Crippen LogP contribution in [0.2, 0.25) is 0 Å². The summed E-state index contributed by atoms with van der Waals surface area (Å²) in [5.74, 6) is 0. The molecule has 0 atom stereocenters. The van der Waals surface area contributed by atoms with Crippen LogP contribution in [-0.2, 0) is 6.54 Å². The summed E-state index contributed by atoms with van der Waals surface area (Å²) in [6, 6.07) is 1.86. The number of hydrogen-bond acceptors (Lipinski definition) is 2. The van der Waals surface area contributed by atoms with Gasteiger partial charge in [0.15, 0.2) is 6.29 Å². The van der Waals surface area contributed by atoms with Crippen LogP contribution in [0.4, 0.5) is 0 Å². The van der Waals surface area contributed by atoms with E-state index in [1.165, 1.54) is 0 Å². The van der Waals surface area contributed by atoms with Crippen molar-refractivity contribution in [2.45, 2.75) is 13.5 Å². The lowest BCUT2D eigenvalue weighted by atomic mass is 10.3. The number of aliphatic hydroxyl groups excluding tert-OH is 1. The van der Waals surface area contributed by atoms with Crippen molar-refractivity contribution in [1.82, 2.24) is 4.57 Å². The highest BCUT2D eigenvalue weighted by Crippen LogP contribution is 2.06. The summed E-state index contributed by atoms with van der Waals surface area (Å²) in [4.78, 5) is 10.5. The number of nitrogens with zero attached hydrogens (tertiary/aromatic N) is 1. The molecule has 0 aromatic carbocycles. The molecule has 0 saturated carbocycles. The Labute approximate surface area is 65.3 Å². The van der Waals surface area contributed by atoms with Gasteiger partial charge in [-0.2, -0.15) is 0 Å². The zero-order chi connectivity index (χ0) is 8.27. The van der Waals surface area contributed by atoms with E-state index in [0.29, 0.717) is 12.2 Å². The summed E-state index contributed by atoms with van der Waals surface area (Å²) >= 11 is 0. The summed E-state index contributed by atoms with van der Waals surface area (Å²) in [7, 11) is 0. The van der Waals surface area contributed by atoms with Gasteiger partial charge in [0.05, 0.1) is 12.3 Å². The zero-order valence-corrected chi connectivity index (χ0v) is 6.45. The second kappa shape index (κ2) is 3.34. The molecular formula is C8H11NO2. The smallest absolute Gasteiger partial charge is 0.166 e. The van der Waals surface area contributed by atoms with Gasteiger partial charge in [-0.3, -0.25) is 4.79 Å². The fourth-order valence-electron chi connectivity index (χ4n) is 1.06. The molecule has 1 aromatic heterocycles. The SMILES string of the molecule is Cc1ccn(CCO)c1C=O. The predicted molar refractivity (Wildman–Crippen MR) is 41.6 cm³/mol. The first-order valence-electron chi connectivity index (χ1n) is 3.51. The zero-order valence-electron chi connectivity index (χ0n) is 6.45. The van der Waals surface area contributed by atoms with E-state index in [2.05, 4.69) is 0 Å². The Morgan fingerprint density at radius 3 is 3.00 bits per heavy atom. The van der Waals surface area contributed by atoms with Crippen molar-refractivity contribution in [3.63, 3.8) is 0 Å². The van der Waals surface area contributed by atoms with Crippen LogP contribution in [0.15, 0.2) is 12.3 Å². The van der Waals surface area contributed by atoms with Crippen molar-refractivity contribution >= 4 is 6.29 Å². The molecule has 0 unspecified atom stereocenters. The molecule has 3 nitrogen and oxygen atoms in total. The fraction of sp³-hybridized carbons (Fsp3) is 0.375. The molecule has 0 aliphatic carbocycles. The van der Waals surface area contributed by atoms with Gasteiger partial charge in [0, 0.05) is 12.7 Å². The molecule has 60 valence electrons. The Hall–Kier alpha value is -1.09. The lowest BCUT2D eigenvalue weighted by Gasteiger charge is -2.01. The van der Waals surface area contributed by atoms with Crippen LogP contribution in [0, 0.1) is 6.92 Å². The predicted octanol–water partition coefficient (Wildman–Crippen LogP) is 0.601. The molecule has 0 radical (unpaired) electrons. The number of rotatable bonds is 3. The van der Waals surface area contributed by atoms with Crippen LogP contribution >= 0.6 is 0 Å². The molecule has 1 heterocycles. The van der Waals surface area contributed by atoms with Gasteiger partial charge in [-0.15, -0.1) is 0 Å². The van der Waals surface area contributed by atoms with E-state index in [1.807, 2.05) is 13.0 Å². The normalized spacial score (nSPS) is 10.0. The van der Waals surface area contributed by atoms with E-state index in [4.69, 9.17) is 5.11 Å². The molecule has 3 heteroatoms. The quantitative estimate of drug-likeness (QED) is 0.646. The number of aryl methyl sites for hydroxylation is 1. The molecule has 0 aliphatic heterocycles. The maximum absolute atomic E-state index is 10.5. The maximum atomic E-state index is 10.5. The molecular weight excluding hydrogens is 142 g/mol. The second-order valence-electron chi connectivity index (χ2n) is 2.42. The highest BCUT2D eigenvalue weighted by Gasteiger charge is 2.02. The van der Waals surface area contributed by atoms with Gasteiger partial charge in [-0.1, -0.05) is 0 Å². The summed E-state index contributed by atoms with van der Waals surface area (Å²) in [5, 5.41) is 8.61. The number of aromatic nitrogens is 1. The average molecular weight is 153 g/mol. The van der Waals surface area contributed by atoms with Gasteiger partial charge in [-0.25, -0.2) is 0 Å². The number of carbonyl (C=O) groups excluding carboxylic acids is 1. The van der Waals surface area contributed by atoms with Crippen molar-refractivity contribution in [1.29, 1.82) is 0 Å². The van der Waals surface area contributed by atoms with E-state index in [1.54, 1.807) is 10.8 Å². The van der Waals surface area contributed by atoms with E-state index in [0.717, 1.165) is 11.8 Å². The first kappa shape index (κ1) is 8.01. The van der Waals surface area contributed by atoms with Gasteiger partial charge >= 0.3 is 0 Å². The minimum absolute atomic E-state index is 0.0644. The van der Waals surface area contributed by atoms with Gasteiger partial charge in [0.2, 0.25) is 0 Å². The first-order chi connectivity index (χ1) is 5.29. The third-order valence-corrected chi connectivity index (χ3v) is 1.67. The van der Waals surface area contributed by atoms with Crippen LogP contribution in [0.1, 0.15) is 16.1 Å². The molecule has 0 spiro atoms. The number of aldehydes is 1. The second-order valence-corrected chi connectivity index (χ2v) is 2.42. The monoisotopic (exact) mass is 153 g/mol. The van der Waals surface area contributed by atoms with E-state index < -0.39 is 0 Å². The third kappa shape index (κ3) is 1.49. The van der Waals surface area contributed by atoms with Crippen LogP contribution in [0.25, 0.3) is 0 Å². The van der Waals surface area contributed by atoms with Crippen LogP contribution in [0.3, 0.4) is 0 Å². The lowest BCUT2D eigenvalue weighted by molar-refractivity contribution is 0.111. The van der Waals surface area contributed by atoms with Crippen molar-refractivity contribution in [3.05, 3.63) is 23.5 Å². The number of carbonyl (C=O) groups is 1. The van der Waals surface area contributed by atoms with E-state index >= 15 is 0 Å². The van der Waals surface area contributed by atoms with Crippen LogP contribution < -0.4 is 0 Å². The molecule has 1 aromatic rings. The first-order valence-corrected chi connectivity index (χ1v) is 3.51. The third-order valence-electron chi connectivity index (χ3n) is 1.67. The Kier molecular flexibility index (Phi) is 2.44. The maximum Gasteiger partial charge on any atom is 0.166 e. The van der Waals surface area contributed by atoms with Crippen molar-refractivity contribution in [2.75, 3.05) is 6.61 Å². The minimum Gasteiger partial charge on any atom is -0.395 e. The van der Waals surface area contributed by atoms with E-state index in [9.17, 15) is 4.79 Å². The molecule has 1 N–H and O–H groups in total. The standard InChI is InChI=1S/C8H11NO2/c1-7-2-3-9(4-5-10)8(7)6-11/h2-3,6,10H,4-5H2,1H3. The van der Waals surface area contributed by atoms with Crippen LogP contribution in [0.5, 0.6) is 0 Å². The average Bonchev–Trinajstić information content (AvgIpc) is 2.33. The molecule has 11 heavy (non-hydrogen) atoms. The van der Waals surface area contributed by atoms with Crippen molar-refractivity contribution in [3.8, 4) is 0 Å². The Bertz CT molecular complexity index is 253. The highest BCUT2D eigenvalue weighted by molar-refractivity contribution is 5.74. The summed E-state index contributed by atoms with van der Waals surface area (Å²) in [5.41, 5.74) is 1.60. The summed E-state index contributed by atoms with van der Waals surface area (Å²) < 4.78 is 1.74. The van der Waals surface area contributed by atoms with Gasteiger partial charge in [0.25, 0.3) is 0 Å². The fourth-order valence-corrected chi connectivity index (χ4v) is 1.06. The summed E-state index contributed by atoms with van der Waals surface area (Å²) in [6.07, 6.45) is 2.61. The van der Waals surface area contributed by atoms with Crippen LogP contribution in [-0.4, -0.2) is 22.6 Å². The molecule has 0 aliphatic rings.